The van der Waals surface area contributed by atoms with Gasteiger partial charge in [0.05, 0.1) is 0 Å². The van der Waals surface area contributed by atoms with E-state index in [1.807, 2.05) is 11.9 Å². The van der Waals surface area contributed by atoms with Gasteiger partial charge in [0.15, 0.2) is 0 Å². The molecule has 0 N–H and O–H groups in total. The molecule has 0 aromatic heterocycles. The van der Waals surface area contributed by atoms with E-state index < -0.39 is 0 Å². The van der Waals surface area contributed by atoms with Crippen molar-refractivity contribution in [2.24, 2.45) is 5.92 Å². The van der Waals surface area contributed by atoms with Crippen molar-refractivity contribution in [3.05, 3.63) is 23.8 Å². The number of amides is 2. The molecule has 2 heterocycles. The first-order valence-corrected chi connectivity index (χ1v) is 9.48. The van der Waals surface area contributed by atoms with Gasteiger partial charge in [0, 0.05) is 56.9 Å². The lowest BCUT2D eigenvalue weighted by molar-refractivity contribution is -0.136. The van der Waals surface area contributed by atoms with Crippen LogP contribution in [-0.2, 0) is 16.0 Å². The number of aryl methyl sites for hydroxylation is 1. The van der Waals surface area contributed by atoms with E-state index in [0.717, 1.165) is 51.1 Å². The zero-order chi connectivity index (χ0) is 18.0. The molecule has 25 heavy (non-hydrogen) atoms. The number of nitrogens with zero attached hydrogens (tertiary/aromatic N) is 3. The Hall–Kier alpha value is -2.04. The Kier molecular flexibility index (Phi) is 5.30. The Morgan fingerprint density at radius 3 is 2.40 bits per heavy atom. The second kappa shape index (κ2) is 7.46. The van der Waals surface area contributed by atoms with E-state index in [4.69, 9.17) is 0 Å². The minimum absolute atomic E-state index is 0.170. The van der Waals surface area contributed by atoms with Crippen molar-refractivity contribution in [3.8, 4) is 0 Å². The third-order valence-electron chi connectivity index (χ3n) is 5.70. The third kappa shape index (κ3) is 3.51. The van der Waals surface area contributed by atoms with Crippen molar-refractivity contribution in [3.63, 3.8) is 0 Å². The summed E-state index contributed by atoms with van der Waals surface area (Å²) in [5, 5.41) is 0. The van der Waals surface area contributed by atoms with Crippen LogP contribution in [0.5, 0.6) is 0 Å². The van der Waals surface area contributed by atoms with Crippen molar-refractivity contribution in [1.29, 1.82) is 0 Å². The quantitative estimate of drug-likeness (QED) is 0.844. The molecule has 0 atom stereocenters. The molecule has 5 nitrogen and oxygen atoms in total. The highest BCUT2D eigenvalue weighted by Gasteiger charge is 2.26. The van der Waals surface area contributed by atoms with Crippen molar-refractivity contribution in [2.45, 2.75) is 39.5 Å². The topological polar surface area (TPSA) is 43.9 Å². The first-order chi connectivity index (χ1) is 12.0. The van der Waals surface area contributed by atoms with Gasteiger partial charge in [-0.15, -0.1) is 0 Å². The van der Waals surface area contributed by atoms with Gasteiger partial charge in [-0.25, -0.2) is 0 Å². The summed E-state index contributed by atoms with van der Waals surface area (Å²) in [6, 6.07) is 6.38. The maximum absolute atomic E-state index is 12.5. The van der Waals surface area contributed by atoms with Crippen LogP contribution in [0.2, 0.25) is 0 Å². The van der Waals surface area contributed by atoms with Crippen LogP contribution < -0.4 is 9.80 Å². The normalized spacial score (nSPS) is 17.9. The fraction of sp³-hybridized carbons (Fsp3) is 0.600. The molecule has 0 radical (unpaired) electrons. The van der Waals surface area contributed by atoms with Gasteiger partial charge in [0.2, 0.25) is 11.8 Å². The fourth-order valence-electron chi connectivity index (χ4n) is 3.92. The van der Waals surface area contributed by atoms with Gasteiger partial charge in [-0.2, -0.15) is 0 Å². The van der Waals surface area contributed by atoms with E-state index in [9.17, 15) is 9.59 Å². The average Bonchev–Trinajstić information content (AvgIpc) is 2.65. The lowest BCUT2D eigenvalue weighted by Gasteiger charge is -2.38. The van der Waals surface area contributed by atoms with Crippen LogP contribution >= 0.6 is 0 Å². The second-order valence-corrected chi connectivity index (χ2v) is 7.09. The molecule has 2 aliphatic rings. The highest BCUT2D eigenvalue weighted by molar-refractivity contribution is 5.96. The summed E-state index contributed by atoms with van der Waals surface area (Å²) in [6.45, 7) is 7.53. The van der Waals surface area contributed by atoms with Crippen molar-refractivity contribution in [2.75, 3.05) is 43.0 Å². The van der Waals surface area contributed by atoms with Gasteiger partial charge in [0.1, 0.15) is 0 Å². The van der Waals surface area contributed by atoms with Crippen LogP contribution in [0, 0.1) is 5.92 Å². The van der Waals surface area contributed by atoms with Crippen molar-refractivity contribution >= 4 is 23.2 Å². The molecule has 136 valence electrons. The molecule has 1 aromatic carbocycles. The summed E-state index contributed by atoms with van der Waals surface area (Å²) in [7, 11) is 1.85. The third-order valence-corrected chi connectivity index (χ3v) is 5.70. The van der Waals surface area contributed by atoms with E-state index in [1.165, 1.54) is 11.3 Å². The van der Waals surface area contributed by atoms with E-state index in [2.05, 4.69) is 36.9 Å². The lowest BCUT2D eigenvalue weighted by Crippen LogP contribution is -2.50. The average molecular weight is 343 g/mol. The number of hydrogen-bond acceptors (Lipinski definition) is 3. The summed E-state index contributed by atoms with van der Waals surface area (Å²) < 4.78 is 0. The van der Waals surface area contributed by atoms with Crippen LogP contribution in [0.4, 0.5) is 11.4 Å². The van der Waals surface area contributed by atoms with Gasteiger partial charge in [0.25, 0.3) is 0 Å². The zero-order valence-electron chi connectivity index (χ0n) is 15.6. The van der Waals surface area contributed by atoms with Gasteiger partial charge < -0.3 is 14.7 Å². The second-order valence-electron chi connectivity index (χ2n) is 7.09. The first kappa shape index (κ1) is 17.8. The minimum atomic E-state index is 0.170. The maximum Gasteiger partial charge on any atom is 0.227 e. The van der Waals surface area contributed by atoms with Gasteiger partial charge >= 0.3 is 0 Å². The standard InChI is InChI=1S/C20H29N3O2/c1-4-15(5-2)20(25)23-12-10-22(11-13-23)17-7-8-18-16(14-17)6-9-19(24)21(18)3/h7-8,14-15H,4-6,9-13H2,1-3H3. The summed E-state index contributed by atoms with van der Waals surface area (Å²) >= 11 is 0. The molecular formula is C20H29N3O2. The van der Waals surface area contributed by atoms with Gasteiger partial charge in [-0.05, 0) is 43.0 Å². The molecule has 2 amide bonds. The van der Waals surface area contributed by atoms with Crippen molar-refractivity contribution < 1.29 is 9.59 Å². The number of rotatable bonds is 4. The molecule has 0 bridgehead atoms. The predicted octanol–water partition coefficient (Wildman–Crippen LogP) is 2.68. The molecule has 5 heteroatoms. The molecule has 2 aliphatic heterocycles. The monoisotopic (exact) mass is 343 g/mol. The van der Waals surface area contributed by atoms with E-state index in [1.54, 1.807) is 4.90 Å². The molecule has 1 fully saturated rings. The maximum atomic E-state index is 12.5. The Labute approximate surface area is 150 Å². The number of piperazine rings is 1. The van der Waals surface area contributed by atoms with E-state index in [0.29, 0.717) is 12.3 Å². The number of fused-ring (bicyclic) bond motifs is 1. The molecular weight excluding hydrogens is 314 g/mol. The molecule has 3 rings (SSSR count). The van der Waals surface area contributed by atoms with Crippen LogP contribution in [0.25, 0.3) is 0 Å². The Balaban J connectivity index is 1.66. The summed E-state index contributed by atoms with van der Waals surface area (Å²) in [6.07, 6.45) is 3.25. The lowest BCUT2D eigenvalue weighted by atomic mass is 10.00. The molecule has 0 unspecified atom stereocenters. The van der Waals surface area contributed by atoms with Crippen LogP contribution in [-0.4, -0.2) is 49.9 Å². The number of anilines is 2. The first-order valence-electron chi connectivity index (χ1n) is 9.48. The number of hydrogen-bond donors (Lipinski definition) is 0. The molecule has 0 spiro atoms. The largest absolute Gasteiger partial charge is 0.368 e. The Bertz CT molecular complexity index is 646. The molecule has 1 saturated heterocycles. The Morgan fingerprint density at radius 2 is 1.76 bits per heavy atom. The molecule has 0 aliphatic carbocycles. The van der Waals surface area contributed by atoms with Gasteiger partial charge in [-0.1, -0.05) is 13.8 Å². The number of carbonyl (C=O) groups excluding carboxylic acids is 2. The summed E-state index contributed by atoms with van der Waals surface area (Å²) in [5.41, 5.74) is 3.48. The smallest absolute Gasteiger partial charge is 0.227 e. The van der Waals surface area contributed by atoms with E-state index in [-0.39, 0.29) is 11.8 Å². The van der Waals surface area contributed by atoms with E-state index >= 15 is 0 Å². The number of benzene rings is 1. The van der Waals surface area contributed by atoms with Crippen LogP contribution in [0.1, 0.15) is 38.7 Å². The van der Waals surface area contributed by atoms with Crippen molar-refractivity contribution in [1.82, 2.24) is 4.90 Å². The highest BCUT2D eigenvalue weighted by atomic mass is 16.2. The highest BCUT2D eigenvalue weighted by Crippen LogP contribution is 2.31. The zero-order valence-corrected chi connectivity index (χ0v) is 15.6. The van der Waals surface area contributed by atoms with Crippen LogP contribution in [0.15, 0.2) is 18.2 Å². The minimum Gasteiger partial charge on any atom is -0.368 e. The number of carbonyl (C=O) groups is 2. The Morgan fingerprint density at radius 1 is 1.08 bits per heavy atom. The fourth-order valence-corrected chi connectivity index (χ4v) is 3.92. The molecule has 0 saturated carbocycles. The SMILES string of the molecule is CCC(CC)C(=O)N1CCN(c2ccc3c(c2)CCC(=O)N3C)CC1. The summed E-state index contributed by atoms with van der Waals surface area (Å²) in [4.78, 5) is 30.5. The summed E-state index contributed by atoms with van der Waals surface area (Å²) in [5.74, 6) is 0.673. The molecule has 1 aromatic rings. The van der Waals surface area contributed by atoms with Gasteiger partial charge in [-0.3, -0.25) is 9.59 Å². The predicted molar refractivity (Wildman–Crippen MR) is 101 cm³/mol. The van der Waals surface area contributed by atoms with Crippen LogP contribution in [0.3, 0.4) is 0 Å².